The van der Waals surface area contributed by atoms with Crippen LogP contribution >= 0.6 is 0 Å². The van der Waals surface area contributed by atoms with Crippen molar-refractivity contribution in [2.24, 2.45) is 0 Å². The molecule has 19 heavy (non-hydrogen) atoms. The maximum atomic E-state index is 5.72. The van der Waals surface area contributed by atoms with Crippen LogP contribution in [0.25, 0.3) is 0 Å². The summed E-state index contributed by atoms with van der Waals surface area (Å²) in [5.41, 5.74) is 2.20. The minimum atomic E-state index is 0.670. The molecule has 3 heteroatoms. The van der Waals surface area contributed by atoms with Crippen molar-refractivity contribution in [2.45, 2.75) is 6.92 Å². The highest BCUT2D eigenvalue weighted by Crippen LogP contribution is 2.40. The van der Waals surface area contributed by atoms with E-state index in [-0.39, 0.29) is 0 Å². The van der Waals surface area contributed by atoms with E-state index in [9.17, 15) is 0 Å². The summed E-state index contributed by atoms with van der Waals surface area (Å²) in [4.78, 5) is 2.25. The van der Waals surface area contributed by atoms with Gasteiger partial charge in [0.25, 0.3) is 0 Å². The van der Waals surface area contributed by atoms with Crippen LogP contribution < -0.4 is 14.4 Å². The third-order valence-corrected chi connectivity index (χ3v) is 3.18. The molecule has 0 unspecified atom stereocenters. The van der Waals surface area contributed by atoms with Gasteiger partial charge in [-0.05, 0) is 31.2 Å². The molecule has 1 heterocycles. The number of anilines is 2. The molecule has 0 saturated heterocycles. The van der Waals surface area contributed by atoms with E-state index in [0.29, 0.717) is 13.2 Å². The van der Waals surface area contributed by atoms with E-state index in [4.69, 9.17) is 9.47 Å². The lowest BCUT2D eigenvalue weighted by Crippen LogP contribution is -2.28. The molecule has 0 amide bonds. The molecule has 0 spiro atoms. The average molecular weight is 255 g/mol. The van der Waals surface area contributed by atoms with E-state index in [2.05, 4.69) is 17.0 Å². The second kappa shape index (κ2) is 5.22. The van der Waals surface area contributed by atoms with Crippen LogP contribution in [0.1, 0.15) is 6.92 Å². The van der Waals surface area contributed by atoms with E-state index in [1.165, 1.54) is 0 Å². The Balaban J connectivity index is 2.04. The predicted molar refractivity (Wildman–Crippen MR) is 76.6 cm³/mol. The predicted octanol–water partition coefficient (Wildman–Crippen LogP) is 3.62. The highest BCUT2D eigenvalue weighted by molar-refractivity contribution is 5.74. The second-order valence-electron chi connectivity index (χ2n) is 4.37. The fourth-order valence-electron chi connectivity index (χ4n) is 2.38. The molecule has 0 N–H and O–H groups in total. The number of hydrogen-bond acceptors (Lipinski definition) is 3. The summed E-state index contributed by atoms with van der Waals surface area (Å²) in [6, 6.07) is 16.3. The Hall–Kier alpha value is -2.16. The van der Waals surface area contributed by atoms with Gasteiger partial charge in [-0.25, -0.2) is 0 Å². The Morgan fingerprint density at radius 1 is 1.05 bits per heavy atom. The van der Waals surface area contributed by atoms with Crippen molar-refractivity contribution >= 4 is 11.4 Å². The van der Waals surface area contributed by atoms with Crippen LogP contribution in [0, 0.1) is 0 Å². The van der Waals surface area contributed by atoms with Crippen LogP contribution in [0.15, 0.2) is 48.5 Å². The van der Waals surface area contributed by atoms with Gasteiger partial charge in [0.05, 0.1) is 24.5 Å². The Morgan fingerprint density at radius 3 is 2.63 bits per heavy atom. The molecule has 2 aromatic rings. The molecule has 98 valence electrons. The molecule has 0 saturated carbocycles. The molecule has 0 atom stereocenters. The summed E-state index contributed by atoms with van der Waals surface area (Å²) in [6.07, 6.45) is 0. The molecule has 1 aliphatic rings. The Labute approximate surface area is 113 Å². The highest BCUT2D eigenvalue weighted by atomic mass is 16.5. The van der Waals surface area contributed by atoms with Crippen molar-refractivity contribution in [3.8, 4) is 11.5 Å². The molecule has 0 radical (unpaired) electrons. The first-order valence-corrected chi connectivity index (χ1v) is 6.61. The standard InChI is InChI=1S/C16H17NO2/c1-2-18-15-9-5-3-7-13(15)17-11-12-19-16-10-6-4-8-14(16)17/h3-10H,2,11-12H2,1H3. The van der Waals surface area contributed by atoms with Gasteiger partial charge in [-0.3, -0.25) is 0 Å². The zero-order valence-corrected chi connectivity index (χ0v) is 11.0. The maximum absolute atomic E-state index is 5.72. The lowest BCUT2D eigenvalue weighted by molar-refractivity contribution is 0.311. The summed E-state index contributed by atoms with van der Waals surface area (Å²) >= 11 is 0. The van der Waals surface area contributed by atoms with Gasteiger partial charge in [-0.15, -0.1) is 0 Å². The van der Waals surface area contributed by atoms with Gasteiger partial charge in [-0.1, -0.05) is 24.3 Å². The van der Waals surface area contributed by atoms with E-state index in [1.54, 1.807) is 0 Å². The fourth-order valence-corrected chi connectivity index (χ4v) is 2.38. The van der Waals surface area contributed by atoms with Crippen molar-refractivity contribution in [3.05, 3.63) is 48.5 Å². The molecular weight excluding hydrogens is 238 g/mol. The summed E-state index contributed by atoms with van der Waals surface area (Å²) in [6.45, 7) is 4.20. The van der Waals surface area contributed by atoms with E-state index in [0.717, 1.165) is 29.4 Å². The van der Waals surface area contributed by atoms with Gasteiger partial charge < -0.3 is 14.4 Å². The number of nitrogens with zero attached hydrogens (tertiary/aromatic N) is 1. The van der Waals surface area contributed by atoms with Crippen LogP contribution in [0.2, 0.25) is 0 Å². The van der Waals surface area contributed by atoms with Crippen LogP contribution in [-0.4, -0.2) is 19.8 Å². The highest BCUT2D eigenvalue weighted by Gasteiger charge is 2.21. The SMILES string of the molecule is CCOc1ccccc1N1CCOc2ccccc21. The lowest BCUT2D eigenvalue weighted by atomic mass is 10.2. The number of benzene rings is 2. The fraction of sp³-hybridized carbons (Fsp3) is 0.250. The van der Waals surface area contributed by atoms with Gasteiger partial charge >= 0.3 is 0 Å². The zero-order chi connectivity index (χ0) is 13.1. The molecule has 0 bridgehead atoms. The molecular formula is C16H17NO2. The van der Waals surface area contributed by atoms with Crippen LogP contribution in [0.4, 0.5) is 11.4 Å². The monoisotopic (exact) mass is 255 g/mol. The topological polar surface area (TPSA) is 21.7 Å². The summed E-state index contributed by atoms with van der Waals surface area (Å²) in [5, 5.41) is 0. The number of rotatable bonds is 3. The van der Waals surface area contributed by atoms with Crippen LogP contribution in [0.3, 0.4) is 0 Å². The summed E-state index contributed by atoms with van der Waals surface area (Å²) < 4.78 is 11.4. The van der Waals surface area contributed by atoms with E-state index in [1.807, 2.05) is 43.3 Å². The van der Waals surface area contributed by atoms with Gasteiger partial charge in [-0.2, -0.15) is 0 Å². The van der Waals surface area contributed by atoms with Gasteiger partial charge in [0.1, 0.15) is 18.1 Å². The quantitative estimate of drug-likeness (QED) is 0.836. The first kappa shape index (κ1) is 11.9. The zero-order valence-electron chi connectivity index (χ0n) is 11.0. The van der Waals surface area contributed by atoms with Crippen LogP contribution in [0.5, 0.6) is 11.5 Å². The molecule has 2 aromatic carbocycles. The van der Waals surface area contributed by atoms with Gasteiger partial charge in [0, 0.05) is 0 Å². The first-order chi connectivity index (χ1) is 9.40. The summed E-state index contributed by atoms with van der Waals surface area (Å²) in [7, 11) is 0. The normalized spacial score (nSPS) is 13.6. The maximum Gasteiger partial charge on any atom is 0.143 e. The lowest BCUT2D eigenvalue weighted by Gasteiger charge is -2.32. The largest absolute Gasteiger partial charge is 0.492 e. The first-order valence-electron chi connectivity index (χ1n) is 6.61. The van der Waals surface area contributed by atoms with Crippen LogP contribution in [-0.2, 0) is 0 Å². The molecule has 1 aliphatic heterocycles. The van der Waals surface area contributed by atoms with Crippen molar-refractivity contribution in [3.63, 3.8) is 0 Å². The average Bonchev–Trinajstić information content (AvgIpc) is 2.48. The van der Waals surface area contributed by atoms with Crippen molar-refractivity contribution < 1.29 is 9.47 Å². The molecule has 3 nitrogen and oxygen atoms in total. The third-order valence-electron chi connectivity index (χ3n) is 3.18. The molecule has 0 fully saturated rings. The van der Waals surface area contributed by atoms with Crippen molar-refractivity contribution in [2.75, 3.05) is 24.7 Å². The molecule has 0 aliphatic carbocycles. The molecule has 3 rings (SSSR count). The third kappa shape index (κ3) is 2.24. The van der Waals surface area contributed by atoms with Crippen molar-refractivity contribution in [1.82, 2.24) is 0 Å². The Kier molecular flexibility index (Phi) is 3.27. The number of hydrogen-bond donors (Lipinski definition) is 0. The Morgan fingerprint density at radius 2 is 1.79 bits per heavy atom. The summed E-state index contributed by atoms with van der Waals surface area (Å²) in [5.74, 6) is 1.85. The number of fused-ring (bicyclic) bond motifs is 1. The Bertz CT molecular complexity index is 568. The van der Waals surface area contributed by atoms with Gasteiger partial charge in [0.2, 0.25) is 0 Å². The van der Waals surface area contributed by atoms with Crippen molar-refractivity contribution in [1.29, 1.82) is 0 Å². The number of para-hydroxylation sites is 4. The smallest absolute Gasteiger partial charge is 0.143 e. The van der Waals surface area contributed by atoms with E-state index < -0.39 is 0 Å². The van der Waals surface area contributed by atoms with Gasteiger partial charge in [0.15, 0.2) is 0 Å². The second-order valence-corrected chi connectivity index (χ2v) is 4.37. The molecule has 0 aromatic heterocycles. The number of ether oxygens (including phenoxy) is 2. The minimum absolute atomic E-state index is 0.670. The van der Waals surface area contributed by atoms with E-state index >= 15 is 0 Å². The minimum Gasteiger partial charge on any atom is -0.492 e.